The summed E-state index contributed by atoms with van der Waals surface area (Å²) < 4.78 is 52.7. The molecule has 0 radical (unpaired) electrons. The Balaban J connectivity index is 2.37. The lowest BCUT2D eigenvalue weighted by atomic mass is 10.2. The Morgan fingerprint density at radius 1 is 1.10 bits per heavy atom. The minimum atomic E-state index is -4.07. The highest BCUT2D eigenvalue weighted by molar-refractivity contribution is 7.92. The predicted molar refractivity (Wildman–Crippen MR) is 72.7 cm³/mol. The molecule has 0 saturated heterocycles. The van der Waals surface area contributed by atoms with Gasteiger partial charge in [-0.1, -0.05) is 0 Å². The van der Waals surface area contributed by atoms with Crippen LogP contribution in [0.1, 0.15) is 5.56 Å². The van der Waals surface area contributed by atoms with Gasteiger partial charge in [-0.2, -0.15) is 5.26 Å². The smallest absolute Gasteiger partial charge is 0.261 e. The van der Waals surface area contributed by atoms with Gasteiger partial charge in [0.05, 0.1) is 21.8 Å². The van der Waals surface area contributed by atoms with E-state index in [0.29, 0.717) is 0 Å². The van der Waals surface area contributed by atoms with Crippen molar-refractivity contribution in [2.24, 2.45) is 0 Å². The van der Waals surface area contributed by atoms with Gasteiger partial charge in [0.15, 0.2) is 0 Å². The van der Waals surface area contributed by atoms with E-state index < -0.39 is 21.7 Å². The van der Waals surface area contributed by atoms with Crippen LogP contribution in [0.4, 0.5) is 20.2 Å². The number of halogens is 2. The van der Waals surface area contributed by atoms with E-state index in [0.717, 1.165) is 36.4 Å². The molecule has 21 heavy (non-hydrogen) atoms. The number of rotatable bonds is 3. The Morgan fingerprint density at radius 2 is 1.81 bits per heavy atom. The van der Waals surface area contributed by atoms with Crippen molar-refractivity contribution in [1.82, 2.24) is 0 Å². The van der Waals surface area contributed by atoms with E-state index in [9.17, 15) is 17.2 Å². The molecule has 0 aliphatic carbocycles. The van der Waals surface area contributed by atoms with Gasteiger partial charge in [0.2, 0.25) is 0 Å². The van der Waals surface area contributed by atoms with Crippen LogP contribution >= 0.6 is 0 Å². The fraction of sp³-hybridized carbons (Fsp3) is 0. The number of anilines is 2. The first-order valence-electron chi connectivity index (χ1n) is 5.61. The van der Waals surface area contributed by atoms with Gasteiger partial charge in [-0.25, -0.2) is 17.2 Å². The number of nitrogens with zero attached hydrogens (tertiary/aromatic N) is 1. The van der Waals surface area contributed by atoms with Gasteiger partial charge < -0.3 is 5.73 Å². The van der Waals surface area contributed by atoms with Crippen LogP contribution in [0.25, 0.3) is 0 Å². The molecule has 108 valence electrons. The van der Waals surface area contributed by atoms with Crippen molar-refractivity contribution in [3.8, 4) is 6.07 Å². The summed E-state index contributed by atoms with van der Waals surface area (Å²) in [7, 11) is -4.07. The second kappa shape index (κ2) is 5.38. The predicted octanol–water partition coefficient (Wildman–Crippen LogP) is 2.22. The second-order valence-electron chi connectivity index (χ2n) is 4.10. The highest BCUT2D eigenvalue weighted by atomic mass is 32.2. The molecule has 0 atom stereocenters. The van der Waals surface area contributed by atoms with Gasteiger partial charge in [0.1, 0.15) is 17.7 Å². The molecule has 3 N–H and O–H groups in total. The molecule has 0 aliphatic rings. The van der Waals surface area contributed by atoms with E-state index in [2.05, 4.69) is 4.72 Å². The van der Waals surface area contributed by atoms with Gasteiger partial charge in [0, 0.05) is 0 Å². The SMILES string of the molecule is N#Cc1cc(NS(=O)(=O)c2ccc(N)c(F)c2)ccc1F. The molecule has 0 aromatic heterocycles. The molecule has 0 saturated carbocycles. The summed E-state index contributed by atoms with van der Waals surface area (Å²) >= 11 is 0. The fourth-order valence-electron chi connectivity index (χ4n) is 1.56. The first-order chi connectivity index (χ1) is 9.83. The molecule has 0 fully saturated rings. The fourth-order valence-corrected chi connectivity index (χ4v) is 2.62. The monoisotopic (exact) mass is 309 g/mol. The minimum absolute atomic E-state index is 0.00909. The number of nitrogens with one attached hydrogen (secondary N) is 1. The molecule has 0 amide bonds. The summed E-state index contributed by atoms with van der Waals surface area (Å²) in [6, 6.07) is 7.77. The molecule has 0 spiro atoms. The Morgan fingerprint density at radius 3 is 2.43 bits per heavy atom. The van der Waals surface area contributed by atoms with Crippen LogP contribution < -0.4 is 10.5 Å². The summed E-state index contributed by atoms with van der Waals surface area (Å²) in [6.45, 7) is 0. The zero-order chi connectivity index (χ0) is 15.6. The van der Waals surface area contributed by atoms with Crippen molar-refractivity contribution < 1.29 is 17.2 Å². The lowest BCUT2D eigenvalue weighted by Gasteiger charge is -2.09. The van der Waals surface area contributed by atoms with E-state index in [-0.39, 0.29) is 21.8 Å². The number of benzene rings is 2. The molecular formula is C13H9F2N3O2S. The third kappa shape index (κ3) is 3.09. The molecule has 0 aliphatic heterocycles. The standard InChI is InChI=1S/C13H9F2N3O2S/c14-11-3-1-9(5-8(11)7-16)18-21(19,20)10-2-4-13(17)12(15)6-10/h1-6,18H,17H2. The number of sulfonamides is 1. The van der Waals surface area contributed by atoms with Crippen molar-refractivity contribution in [2.75, 3.05) is 10.5 Å². The van der Waals surface area contributed by atoms with Crippen LogP contribution in [0.15, 0.2) is 41.3 Å². The maximum Gasteiger partial charge on any atom is 0.261 e. The molecular weight excluding hydrogens is 300 g/mol. The average molecular weight is 309 g/mol. The van der Waals surface area contributed by atoms with E-state index in [1.54, 1.807) is 6.07 Å². The van der Waals surface area contributed by atoms with Crippen molar-refractivity contribution in [3.63, 3.8) is 0 Å². The first-order valence-corrected chi connectivity index (χ1v) is 7.09. The van der Waals surface area contributed by atoms with E-state index in [1.807, 2.05) is 0 Å². The number of nitrogen functional groups attached to an aromatic ring is 1. The van der Waals surface area contributed by atoms with Gasteiger partial charge in [-0.05, 0) is 36.4 Å². The Labute approximate surface area is 119 Å². The van der Waals surface area contributed by atoms with Gasteiger partial charge in [-0.15, -0.1) is 0 Å². The number of nitrogens with two attached hydrogens (primary N) is 1. The molecule has 0 unspecified atom stereocenters. The maximum absolute atomic E-state index is 13.3. The summed E-state index contributed by atoms with van der Waals surface area (Å²) in [5.41, 5.74) is 4.78. The maximum atomic E-state index is 13.3. The zero-order valence-corrected chi connectivity index (χ0v) is 11.3. The van der Waals surface area contributed by atoms with E-state index in [1.165, 1.54) is 0 Å². The molecule has 0 bridgehead atoms. The molecule has 5 nitrogen and oxygen atoms in total. The number of hydrogen-bond acceptors (Lipinski definition) is 4. The summed E-state index contributed by atoms with van der Waals surface area (Å²) in [5.74, 6) is -1.63. The lowest BCUT2D eigenvalue weighted by Crippen LogP contribution is -2.13. The normalized spacial score (nSPS) is 10.9. The third-order valence-electron chi connectivity index (χ3n) is 2.62. The van der Waals surface area contributed by atoms with E-state index in [4.69, 9.17) is 11.0 Å². The number of nitriles is 1. The Kier molecular flexibility index (Phi) is 3.78. The molecule has 2 aromatic rings. The topological polar surface area (TPSA) is 96.0 Å². The van der Waals surface area contributed by atoms with Gasteiger partial charge >= 0.3 is 0 Å². The van der Waals surface area contributed by atoms with Crippen molar-refractivity contribution in [1.29, 1.82) is 5.26 Å². The highest BCUT2D eigenvalue weighted by Crippen LogP contribution is 2.21. The average Bonchev–Trinajstić information content (AvgIpc) is 2.43. The zero-order valence-electron chi connectivity index (χ0n) is 10.5. The Hall–Kier alpha value is -2.66. The van der Waals surface area contributed by atoms with Crippen LogP contribution in [0.2, 0.25) is 0 Å². The van der Waals surface area contributed by atoms with Crippen LogP contribution in [-0.2, 0) is 10.0 Å². The molecule has 8 heteroatoms. The highest BCUT2D eigenvalue weighted by Gasteiger charge is 2.16. The molecule has 0 heterocycles. The van der Waals surface area contributed by atoms with Crippen LogP contribution in [0.3, 0.4) is 0 Å². The second-order valence-corrected chi connectivity index (χ2v) is 5.78. The summed E-state index contributed by atoms with van der Waals surface area (Å²) in [5, 5.41) is 8.69. The largest absolute Gasteiger partial charge is 0.396 e. The third-order valence-corrected chi connectivity index (χ3v) is 4.00. The van der Waals surface area contributed by atoms with Crippen molar-refractivity contribution in [2.45, 2.75) is 4.90 Å². The van der Waals surface area contributed by atoms with Crippen molar-refractivity contribution in [3.05, 3.63) is 53.6 Å². The van der Waals surface area contributed by atoms with Gasteiger partial charge in [-0.3, -0.25) is 4.72 Å². The van der Waals surface area contributed by atoms with Crippen molar-refractivity contribution >= 4 is 21.4 Å². The number of hydrogen-bond donors (Lipinski definition) is 2. The van der Waals surface area contributed by atoms with Crippen LogP contribution in [0.5, 0.6) is 0 Å². The Bertz CT molecular complexity index is 845. The van der Waals surface area contributed by atoms with Crippen LogP contribution in [0, 0.1) is 23.0 Å². The van der Waals surface area contributed by atoms with Crippen LogP contribution in [-0.4, -0.2) is 8.42 Å². The quantitative estimate of drug-likeness (QED) is 0.850. The molecule has 2 rings (SSSR count). The first kappa shape index (κ1) is 14.7. The summed E-state index contributed by atoms with van der Waals surface area (Å²) in [4.78, 5) is -0.336. The minimum Gasteiger partial charge on any atom is -0.396 e. The van der Waals surface area contributed by atoms with Gasteiger partial charge in [0.25, 0.3) is 10.0 Å². The molecule has 2 aromatic carbocycles. The lowest BCUT2D eigenvalue weighted by molar-refractivity contribution is 0.596. The summed E-state index contributed by atoms with van der Waals surface area (Å²) in [6.07, 6.45) is 0. The van der Waals surface area contributed by atoms with E-state index >= 15 is 0 Å².